The second kappa shape index (κ2) is 6.10. The number of thioether (sulfide) groups is 1. The van der Waals surface area contributed by atoms with Crippen molar-refractivity contribution >= 4 is 28.9 Å². The van der Waals surface area contributed by atoms with E-state index in [1.807, 2.05) is 26.1 Å². The van der Waals surface area contributed by atoms with Crippen LogP contribution in [0.15, 0.2) is 17.3 Å². The second-order valence-electron chi connectivity index (χ2n) is 3.87. The molecule has 0 aliphatic rings. The molecule has 0 radical (unpaired) electrons. The number of thiophene rings is 1. The molecule has 0 aliphatic carbocycles. The van der Waals surface area contributed by atoms with Gasteiger partial charge in [-0.25, -0.2) is 4.68 Å². The molecular formula is C11H14N4OS2. The van der Waals surface area contributed by atoms with Crippen molar-refractivity contribution in [2.24, 2.45) is 7.05 Å². The standard InChI is InChI=1S/C11H14N4OS2/c1-8-5-6-10(18-8)9(16)4-3-7-17-11-12-13-14-15(11)2/h5-6H,3-4,7H2,1-2H3. The highest BCUT2D eigenvalue weighted by molar-refractivity contribution is 7.99. The number of Topliss-reactive ketones (excluding diaryl/α,β-unsaturated/α-hetero) is 1. The summed E-state index contributed by atoms with van der Waals surface area (Å²) in [5.41, 5.74) is 0. The lowest BCUT2D eigenvalue weighted by Gasteiger charge is -1.99. The third-order valence-corrected chi connectivity index (χ3v) is 4.51. The van der Waals surface area contributed by atoms with Crippen molar-refractivity contribution in [1.29, 1.82) is 0 Å². The average Bonchev–Trinajstić information content (AvgIpc) is 2.94. The second-order valence-corrected chi connectivity index (χ2v) is 6.22. The summed E-state index contributed by atoms with van der Waals surface area (Å²) in [5, 5.41) is 12.0. The molecule has 0 saturated heterocycles. The van der Waals surface area contributed by atoms with Crippen LogP contribution in [0.4, 0.5) is 0 Å². The predicted octanol–water partition coefficient (Wildman–Crippen LogP) is 2.34. The Morgan fingerprint density at radius 2 is 2.33 bits per heavy atom. The molecule has 18 heavy (non-hydrogen) atoms. The van der Waals surface area contributed by atoms with E-state index in [4.69, 9.17) is 0 Å². The number of carbonyl (C=O) groups is 1. The molecule has 7 heteroatoms. The number of carbonyl (C=O) groups excluding carboxylic acids is 1. The Labute approximate surface area is 114 Å². The molecule has 2 aromatic rings. The molecule has 0 saturated carbocycles. The van der Waals surface area contributed by atoms with Crippen molar-refractivity contribution in [3.05, 3.63) is 21.9 Å². The van der Waals surface area contributed by atoms with Crippen molar-refractivity contribution in [3.8, 4) is 0 Å². The van der Waals surface area contributed by atoms with Crippen LogP contribution >= 0.6 is 23.1 Å². The SMILES string of the molecule is Cc1ccc(C(=O)CCCSc2nnnn2C)s1. The molecule has 0 amide bonds. The normalized spacial score (nSPS) is 10.8. The lowest BCUT2D eigenvalue weighted by atomic mass is 10.2. The van der Waals surface area contributed by atoms with Crippen molar-refractivity contribution in [1.82, 2.24) is 20.2 Å². The monoisotopic (exact) mass is 282 g/mol. The Morgan fingerprint density at radius 1 is 1.50 bits per heavy atom. The zero-order valence-corrected chi connectivity index (χ0v) is 11.9. The minimum atomic E-state index is 0.227. The van der Waals surface area contributed by atoms with Crippen LogP contribution in [0.2, 0.25) is 0 Å². The van der Waals surface area contributed by atoms with Gasteiger partial charge in [0.2, 0.25) is 5.16 Å². The van der Waals surface area contributed by atoms with Crippen LogP contribution in [0.5, 0.6) is 0 Å². The lowest BCUT2D eigenvalue weighted by Crippen LogP contribution is -1.98. The van der Waals surface area contributed by atoms with E-state index in [9.17, 15) is 4.79 Å². The molecule has 2 aromatic heterocycles. The van der Waals surface area contributed by atoms with Crippen LogP contribution in [-0.2, 0) is 7.05 Å². The predicted molar refractivity (Wildman–Crippen MR) is 72.1 cm³/mol. The number of hydrogen-bond donors (Lipinski definition) is 0. The van der Waals surface area contributed by atoms with E-state index in [0.29, 0.717) is 6.42 Å². The van der Waals surface area contributed by atoms with Gasteiger partial charge in [-0.15, -0.1) is 16.4 Å². The van der Waals surface area contributed by atoms with Gasteiger partial charge in [-0.2, -0.15) is 0 Å². The Kier molecular flexibility index (Phi) is 4.48. The number of aryl methyl sites for hydroxylation is 2. The molecule has 0 aromatic carbocycles. The first-order valence-electron chi connectivity index (χ1n) is 5.61. The minimum absolute atomic E-state index is 0.227. The molecule has 0 N–H and O–H groups in total. The van der Waals surface area contributed by atoms with Crippen molar-refractivity contribution in [2.45, 2.75) is 24.9 Å². The van der Waals surface area contributed by atoms with Gasteiger partial charge in [0.25, 0.3) is 0 Å². The number of tetrazole rings is 1. The quantitative estimate of drug-likeness (QED) is 0.462. The molecule has 0 atom stereocenters. The van der Waals surface area contributed by atoms with Crippen LogP contribution in [0, 0.1) is 6.92 Å². The average molecular weight is 282 g/mol. The van der Waals surface area contributed by atoms with Gasteiger partial charge in [0.05, 0.1) is 4.88 Å². The van der Waals surface area contributed by atoms with Gasteiger partial charge in [-0.3, -0.25) is 4.79 Å². The highest BCUT2D eigenvalue weighted by Crippen LogP contribution is 2.19. The molecule has 2 rings (SSSR count). The van der Waals surface area contributed by atoms with Crippen LogP contribution < -0.4 is 0 Å². The summed E-state index contributed by atoms with van der Waals surface area (Å²) >= 11 is 3.14. The molecule has 0 bridgehead atoms. The fourth-order valence-corrected chi connectivity index (χ4v) is 3.07. The molecule has 96 valence electrons. The van der Waals surface area contributed by atoms with E-state index >= 15 is 0 Å². The van der Waals surface area contributed by atoms with Gasteiger partial charge < -0.3 is 0 Å². The van der Waals surface area contributed by atoms with E-state index in [-0.39, 0.29) is 5.78 Å². The topological polar surface area (TPSA) is 60.7 Å². The molecule has 5 nitrogen and oxygen atoms in total. The first kappa shape index (κ1) is 13.2. The van der Waals surface area contributed by atoms with Crippen molar-refractivity contribution < 1.29 is 4.79 Å². The third kappa shape index (κ3) is 3.39. The molecule has 2 heterocycles. The summed E-state index contributed by atoms with van der Waals surface area (Å²) in [5.74, 6) is 1.08. The highest BCUT2D eigenvalue weighted by Gasteiger charge is 2.08. The van der Waals surface area contributed by atoms with E-state index in [2.05, 4.69) is 15.5 Å². The van der Waals surface area contributed by atoms with E-state index < -0.39 is 0 Å². The summed E-state index contributed by atoms with van der Waals surface area (Å²) in [7, 11) is 1.81. The molecule has 0 aliphatic heterocycles. The maximum Gasteiger partial charge on any atom is 0.209 e. The summed E-state index contributed by atoms with van der Waals surface area (Å²) in [6, 6.07) is 3.89. The Bertz CT molecular complexity index is 535. The van der Waals surface area contributed by atoms with E-state index in [1.165, 1.54) is 4.88 Å². The summed E-state index contributed by atoms with van der Waals surface area (Å²) < 4.78 is 1.63. The van der Waals surface area contributed by atoms with Gasteiger partial charge in [0, 0.05) is 24.1 Å². The van der Waals surface area contributed by atoms with Crippen LogP contribution in [0.1, 0.15) is 27.4 Å². The van der Waals surface area contributed by atoms with Crippen LogP contribution in [0.25, 0.3) is 0 Å². The molecule has 0 unspecified atom stereocenters. The largest absolute Gasteiger partial charge is 0.293 e. The molecule has 0 spiro atoms. The number of hydrogen-bond acceptors (Lipinski definition) is 6. The number of rotatable bonds is 6. The highest BCUT2D eigenvalue weighted by atomic mass is 32.2. The maximum absolute atomic E-state index is 11.8. The van der Waals surface area contributed by atoms with Crippen LogP contribution in [-0.4, -0.2) is 31.7 Å². The van der Waals surface area contributed by atoms with Gasteiger partial charge in [0.15, 0.2) is 5.78 Å². The lowest BCUT2D eigenvalue weighted by molar-refractivity contribution is 0.0986. The van der Waals surface area contributed by atoms with Crippen molar-refractivity contribution in [2.75, 3.05) is 5.75 Å². The Balaban J connectivity index is 1.73. The fourth-order valence-electron chi connectivity index (χ4n) is 1.45. The smallest absolute Gasteiger partial charge is 0.209 e. The third-order valence-electron chi connectivity index (χ3n) is 2.38. The zero-order valence-electron chi connectivity index (χ0n) is 10.3. The fraction of sp³-hybridized carbons (Fsp3) is 0.455. The first-order valence-corrected chi connectivity index (χ1v) is 7.42. The van der Waals surface area contributed by atoms with Crippen LogP contribution in [0.3, 0.4) is 0 Å². The van der Waals surface area contributed by atoms with E-state index in [1.54, 1.807) is 27.8 Å². The van der Waals surface area contributed by atoms with Crippen molar-refractivity contribution in [3.63, 3.8) is 0 Å². The maximum atomic E-state index is 11.8. The molecule has 0 fully saturated rings. The summed E-state index contributed by atoms with van der Waals surface area (Å²) in [6.45, 7) is 2.01. The zero-order chi connectivity index (χ0) is 13.0. The summed E-state index contributed by atoms with van der Waals surface area (Å²) in [4.78, 5) is 13.9. The number of nitrogens with zero attached hydrogens (tertiary/aromatic N) is 4. The van der Waals surface area contributed by atoms with Gasteiger partial charge in [0.1, 0.15) is 0 Å². The molecular weight excluding hydrogens is 268 g/mol. The first-order chi connectivity index (χ1) is 8.66. The summed E-state index contributed by atoms with van der Waals surface area (Å²) in [6.07, 6.45) is 1.42. The van der Waals surface area contributed by atoms with E-state index in [0.717, 1.165) is 22.2 Å². The Morgan fingerprint density at radius 3 is 2.94 bits per heavy atom. The minimum Gasteiger partial charge on any atom is -0.293 e. The Hall–Kier alpha value is -1.21. The van der Waals surface area contributed by atoms with Gasteiger partial charge >= 0.3 is 0 Å². The number of aromatic nitrogens is 4. The van der Waals surface area contributed by atoms with Gasteiger partial charge in [-0.1, -0.05) is 11.8 Å². The van der Waals surface area contributed by atoms with Gasteiger partial charge in [-0.05, 0) is 35.9 Å². The number of ketones is 1.